The van der Waals surface area contributed by atoms with E-state index in [9.17, 15) is 9.59 Å². The lowest BCUT2D eigenvalue weighted by Crippen LogP contribution is -2.05. The van der Waals surface area contributed by atoms with Crippen molar-refractivity contribution in [1.29, 1.82) is 0 Å². The molecule has 0 spiro atoms. The van der Waals surface area contributed by atoms with Gasteiger partial charge in [-0.3, -0.25) is 4.79 Å². The number of hydrogen-bond donors (Lipinski definition) is 2. The van der Waals surface area contributed by atoms with Crippen LogP contribution >= 0.6 is 11.8 Å². The van der Waals surface area contributed by atoms with E-state index in [0.717, 1.165) is 17.3 Å². The van der Waals surface area contributed by atoms with Crippen molar-refractivity contribution in [3.63, 3.8) is 0 Å². The molecule has 0 aliphatic carbocycles. The van der Waals surface area contributed by atoms with Gasteiger partial charge < -0.3 is 10.8 Å². The molecule has 1 rings (SSSR count). The Hall–Kier alpha value is -1.93. The number of nitrogen functional groups attached to an aromatic ring is 1. The standard InChI is InChI=1S/C13H13NO3S/c1-8-6-10(4-3-5-18-9(2)15)12(14)11(7-8)13(16)17/h6-7H,5,14H2,1-2H3,(H,16,17). The molecule has 4 nitrogen and oxygen atoms in total. The van der Waals surface area contributed by atoms with Crippen molar-refractivity contribution in [2.24, 2.45) is 0 Å². The summed E-state index contributed by atoms with van der Waals surface area (Å²) in [5.41, 5.74) is 7.22. The molecule has 0 heterocycles. The average Bonchev–Trinajstić information content (AvgIpc) is 2.27. The molecule has 0 radical (unpaired) electrons. The van der Waals surface area contributed by atoms with Crippen molar-refractivity contribution >= 4 is 28.5 Å². The van der Waals surface area contributed by atoms with E-state index in [1.54, 1.807) is 13.0 Å². The Morgan fingerprint density at radius 1 is 1.44 bits per heavy atom. The van der Waals surface area contributed by atoms with Crippen LogP contribution in [0.2, 0.25) is 0 Å². The van der Waals surface area contributed by atoms with Crippen molar-refractivity contribution in [1.82, 2.24) is 0 Å². The van der Waals surface area contributed by atoms with E-state index < -0.39 is 5.97 Å². The molecule has 0 bridgehead atoms. The summed E-state index contributed by atoms with van der Waals surface area (Å²) in [5.74, 6) is 4.87. The zero-order valence-electron chi connectivity index (χ0n) is 10.1. The molecule has 0 aliphatic rings. The maximum atomic E-state index is 11.0. The third-order valence-electron chi connectivity index (χ3n) is 2.13. The monoisotopic (exact) mass is 263 g/mol. The number of anilines is 1. The SMILES string of the molecule is CC(=O)SCC#Cc1cc(C)cc(C(=O)O)c1N. The predicted octanol–water partition coefficient (Wildman–Crippen LogP) is 1.91. The van der Waals surface area contributed by atoms with E-state index in [4.69, 9.17) is 10.8 Å². The first-order chi connectivity index (χ1) is 8.41. The van der Waals surface area contributed by atoms with Gasteiger partial charge in [-0.15, -0.1) is 0 Å². The van der Waals surface area contributed by atoms with Crippen molar-refractivity contribution < 1.29 is 14.7 Å². The highest BCUT2D eigenvalue weighted by atomic mass is 32.2. The molecule has 0 fully saturated rings. The predicted molar refractivity (Wildman–Crippen MR) is 72.6 cm³/mol. The topological polar surface area (TPSA) is 80.4 Å². The third kappa shape index (κ3) is 3.82. The number of benzene rings is 1. The Kier molecular flexibility index (Phi) is 4.81. The fourth-order valence-electron chi connectivity index (χ4n) is 1.35. The summed E-state index contributed by atoms with van der Waals surface area (Å²) in [4.78, 5) is 21.7. The molecule has 5 heteroatoms. The van der Waals surface area contributed by atoms with Gasteiger partial charge in [-0.05, 0) is 24.6 Å². The summed E-state index contributed by atoms with van der Waals surface area (Å²) < 4.78 is 0. The second-order valence-corrected chi connectivity index (χ2v) is 4.81. The number of aromatic carboxylic acids is 1. The van der Waals surface area contributed by atoms with Crippen LogP contribution in [0.4, 0.5) is 5.69 Å². The van der Waals surface area contributed by atoms with E-state index >= 15 is 0 Å². The molecule has 0 aliphatic heterocycles. The minimum Gasteiger partial charge on any atom is -0.478 e. The fourth-order valence-corrected chi connectivity index (χ4v) is 1.69. The van der Waals surface area contributed by atoms with Crippen molar-refractivity contribution in [3.8, 4) is 11.8 Å². The number of carboxylic acids is 1. The Balaban J connectivity index is 3.02. The van der Waals surface area contributed by atoms with Crippen molar-refractivity contribution in [2.45, 2.75) is 13.8 Å². The first kappa shape index (κ1) is 14.1. The maximum Gasteiger partial charge on any atom is 0.337 e. The first-order valence-corrected chi connectivity index (χ1v) is 6.16. The summed E-state index contributed by atoms with van der Waals surface area (Å²) in [6.45, 7) is 3.25. The first-order valence-electron chi connectivity index (χ1n) is 5.17. The van der Waals surface area contributed by atoms with Crippen LogP contribution in [0.25, 0.3) is 0 Å². The van der Waals surface area contributed by atoms with Crippen LogP contribution in [0, 0.1) is 18.8 Å². The van der Waals surface area contributed by atoms with Gasteiger partial charge in [-0.2, -0.15) is 0 Å². The second kappa shape index (κ2) is 6.12. The lowest BCUT2D eigenvalue weighted by molar-refractivity contribution is -0.109. The van der Waals surface area contributed by atoms with E-state index in [1.165, 1.54) is 13.0 Å². The van der Waals surface area contributed by atoms with Crippen LogP contribution in [0.15, 0.2) is 12.1 Å². The molecule has 1 aromatic rings. The van der Waals surface area contributed by atoms with Gasteiger partial charge in [0.15, 0.2) is 5.12 Å². The molecule has 0 aromatic heterocycles. The van der Waals surface area contributed by atoms with Gasteiger partial charge in [0.25, 0.3) is 0 Å². The number of aryl methyl sites for hydroxylation is 1. The number of hydrogen-bond acceptors (Lipinski definition) is 4. The van der Waals surface area contributed by atoms with Crippen molar-refractivity contribution in [2.75, 3.05) is 11.5 Å². The summed E-state index contributed by atoms with van der Waals surface area (Å²) in [5, 5.41) is 8.98. The lowest BCUT2D eigenvalue weighted by atomic mass is 10.0. The molecule has 0 atom stereocenters. The van der Waals surface area contributed by atoms with Crippen LogP contribution in [-0.4, -0.2) is 21.9 Å². The zero-order valence-corrected chi connectivity index (χ0v) is 10.9. The van der Waals surface area contributed by atoms with Gasteiger partial charge in [0.05, 0.1) is 17.0 Å². The number of rotatable bonds is 2. The number of thioether (sulfide) groups is 1. The van der Waals surface area contributed by atoms with Gasteiger partial charge in [-0.1, -0.05) is 23.6 Å². The van der Waals surface area contributed by atoms with E-state index in [0.29, 0.717) is 11.3 Å². The lowest BCUT2D eigenvalue weighted by Gasteiger charge is -2.05. The van der Waals surface area contributed by atoms with Gasteiger partial charge in [-0.25, -0.2) is 4.79 Å². The summed E-state index contributed by atoms with van der Waals surface area (Å²) in [7, 11) is 0. The molecule has 0 unspecified atom stereocenters. The summed E-state index contributed by atoms with van der Waals surface area (Å²) >= 11 is 1.10. The maximum absolute atomic E-state index is 11.0. The normalized spacial score (nSPS) is 9.44. The molecule has 1 aromatic carbocycles. The highest BCUT2D eigenvalue weighted by Gasteiger charge is 2.11. The minimum atomic E-state index is -1.07. The number of carbonyl (C=O) groups excluding carboxylic acids is 1. The van der Waals surface area contributed by atoms with Gasteiger partial charge in [0, 0.05) is 12.5 Å². The van der Waals surface area contributed by atoms with E-state index in [1.807, 2.05) is 0 Å². The highest BCUT2D eigenvalue weighted by Crippen LogP contribution is 2.19. The summed E-state index contributed by atoms with van der Waals surface area (Å²) in [6.07, 6.45) is 0. The Morgan fingerprint density at radius 2 is 2.11 bits per heavy atom. The molecule has 0 saturated carbocycles. The number of carboxylic acid groups (broad SMARTS) is 1. The average molecular weight is 263 g/mol. The third-order valence-corrected chi connectivity index (χ3v) is 2.82. The molecule has 0 amide bonds. The van der Waals surface area contributed by atoms with Gasteiger partial charge in [0.1, 0.15) is 0 Å². The molecule has 94 valence electrons. The minimum absolute atomic E-state index is 0.00672. The Labute approximate surface area is 110 Å². The van der Waals surface area contributed by atoms with Crippen LogP contribution in [0.5, 0.6) is 0 Å². The fraction of sp³-hybridized carbons (Fsp3) is 0.231. The van der Waals surface area contributed by atoms with Crippen molar-refractivity contribution in [3.05, 3.63) is 28.8 Å². The van der Waals surface area contributed by atoms with Crippen LogP contribution in [0.3, 0.4) is 0 Å². The summed E-state index contributed by atoms with van der Waals surface area (Å²) in [6, 6.07) is 3.24. The molecule has 3 N–H and O–H groups in total. The Morgan fingerprint density at radius 3 is 2.67 bits per heavy atom. The van der Waals surface area contributed by atoms with Crippen LogP contribution < -0.4 is 5.73 Å². The molecular formula is C13H13NO3S. The quantitative estimate of drug-likeness (QED) is 0.629. The zero-order chi connectivity index (χ0) is 13.7. The van der Waals surface area contributed by atoms with Gasteiger partial charge >= 0.3 is 5.97 Å². The van der Waals surface area contributed by atoms with Gasteiger partial charge in [0.2, 0.25) is 0 Å². The highest BCUT2D eigenvalue weighted by molar-refractivity contribution is 8.13. The number of carbonyl (C=O) groups is 2. The molecule has 0 saturated heterocycles. The van der Waals surface area contributed by atoms with Crippen LogP contribution in [0.1, 0.15) is 28.4 Å². The molecular weight excluding hydrogens is 250 g/mol. The van der Waals surface area contributed by atoms with E-state index in [2.05, 4.69) is 11.8 Å². The van der Waals surface area contributed by atoms with Crippen LogP contribution in [-0.2, 0) is 4.79 Å². The largest absolute Gasteiger partial charge is 0.478 e. The number of nitrogens with two attached hydrogens (primary N) is 1. The smallest absolute Gasteiger partial charge is 0.337 e. The second-order valence-electron chi connectivity index (χ2n) is 3.66. The Bertz CT molecular complexity index is 555. The van der Waals surface area contributed by atoms with E-state index in [-0.39, 0.29) is 16.4 Å². The molecule has 18 heavy (non-hydrogen) atoms.